The molecule has 0 aliphatic rings. The van der Waals surface area contributed by atoms with Crippen LogP contribution in [0.5, 0.6) is 0 Å². The van der Waals surface area contributed by atoms with Crippen LogP contribution >= 0.6 is 11.3 Å². The molecule has 0 spiro atoms. The van der Waals surface area contributed by atoms with E-state index >= 15 is 0 Å². The van der Waals surface area contributed by atoms with Crippen molar-refractivity contribution >= 4 is 35.1 Å². The van der Waals surface area contributed by atoms with Gasteiger partial charge in [0.25, 0.3) is 11.8 Å². The Kier molecular flexibility index (Phi) is 20.7. The van der Waals surface area contributed by atoms with Gasteiger partial charge in [-0.15, -0.1) is 11.3 Å². The first-order chi connectivity index (χ1) is 34.0. The fraction of sp³-hybridized carbons (Fsp3) is 0.415. The van der Waals surface area contributed by atoms with Crippen molar-refractivity contribution < 1.29 is 47.0 Å². The lowest BCUT2D eigenvalue weighted by molar-refractivity contribution is 0.0683. The zero-order valence-corrected chi connectivity index (χ0v) is 42.3. The molecular formula is C53H65F2N7O8S. The molecule has 5 N–H and O–H groups in total. The molecule has 2 atom stereocenters. The second kappa shape index (κ2) is 26.5. The third kappa shape index (κ3) is 15.4. The predicted molar refractivity (Wildman–Crippen MR) is 269 cm³/mol. The standard InChI is InChI=1S/C35H43F2N5O4S.C18H22N2O4/c1-5-8-42(9-6-2)34(43)27-15-23(33-40-7-10-46-33)16-28(35(44)45)32(27)29(30(38)14-22-12-24(36)17-25(37)13-22)20-39-18-26-19-41-31(47-26)11-21(3)4;1-4-6-20(7-5-2)17(21)14-8-13(9-15(10-14)18(22)23)16-19-12(3)11-24-16/h7,10,12-13,15-17,19,21,29-30,39H,5-6,8-9,11,14,18,20,38H2,1-4H3,(H,44,45);8-11H,4-7H2,1-3H3,(H,22,23)/t29-,30+;/m1./s1. The summed E-state index contributed by atoms with van der Waals surface area (Å²) in [4.78, 5) is 68.8. The molecule has 0 saturated heterocycles. The smallest absolute Gasteiger partial charge is 0.336 e. The van der Waals surface area contributed by atoms with Gasteiger partial charge < -0.3 is 39.9 Å². The Hall–Kier alpha value is -6.63. The van der Waals surface area contributed by atoms with Crippen LogP contribution in [0.15, 0.2) is 82.3 Å². The minimum Gasteiger partial charge on any atom is -0.478 e. The average molecular weight is 998 g/mol. The number of aryl methyl sites for hydroxylation is 1. The van der Waals surface area contributed by atoms with Gasteiger partial charge in [-0.25, -0.2) is 33.3 Å². The highest BCUT2D eigenvalue weighted by molar-refractivity contribution is 7.11. The zero-order valence-electron chi connectivity index (χ0n) is 41.5. The molecule has 71 heavy (non-hydrogen) atoms. The Morgan fingerprint density at radius 1 is 0.746 bits per heavy atom. The molecular weight excluding hydrogens is 933 g/mol. The van der Waals surface area contributed by atoms with Crippen LogP contribution in [0.1, 0.15) is 141 Å². The van der Waals surface area contributed by atoms with Crippen LogP contribution < -0.4 is 11.1 Å². The summed E-state index contributed by atoms with van der Waals surface area (Å²) in [7, 11) is 0. The minimum absolute atomic E-state index is 0.0297. The molecule has 0 fully saturated rings. The van der Waals surface area contributed by atoms with Crippen LogP contribution in [0, 0.1) is 24.5 Å². The Bertz CT molecular complexity index is 2690. The summed E-state index contributed by atoms with van der Waals surface area (Å²) in [5.41, 5.74) is 9.35. The number of carboxylic acid groups (broad SMARTS) is 2. The molecule has 3 aromatic carbocycles. The Labute approximate surface area is 417 Å². The van der Waals surface area contributed by atoms with Crippen molar-refractivity contribution in [2.24, 2.45) is 11.7 Å². The van der Waals surface area contributed by atoms with Crippen molar-refractivity contribution in [1.82, 2.24) is 30.1 Å². The number of oxazole rings is 2. The molecule has 0 radical (unpaired) electrons. The molecule has 0 bridgehead atoms. The molecule has 0 saturated carbocycles. The highest BCUT2D eigenvalue weighted by Crippen LogP contribution is 2.34. The summed E-state index contributed by atoms with van der Waals surface area (Å²) in [5, 5.41) is 24.3. The van der Waals surface area contributed by atoms with Crippen molar-refractivity contribution in [3.63, 3.8) is 0 Å². The predicted octanol–water partition coefficient (Wildman–Crippen LogP) is 10.3. The van der Waals surface area contributed by atoms with E-state index in [0.717, 1.165) is 35.2 Å². The third-order valence-electron chi connectivity index (χ3n) is 11.3. The number of nitrogens with zero attached hydrogens (tertiary/aromatic N) is 5. The van der Waals surface area contributed by atoms with Gasteiger partial charge in [-0.2, -0.15) is 0 Å². The van der Waals surface area contributed by atoms with Gasteiger partial charge in [-0.1, -0.05) is 41.5 Å². The maximum absolute atomic E-state index is 14.3. The number of carbonyl (C=O) groups is 4. The van der Waals surface area contributed by atoms with E-state index in [-0.39, 0.29) is 52.9 Å². The molecule has 15 nitrogen and oxygen atoms in total. The maximum Gasteiger partial charge on any atom is 0.336 e. The topological polar surface area (TPSA) is 218 Å². The second-order valence-corrected chi connectivity index (χ2v) is 19.0. The third-order valence-corrected chi connectivity index (χ3v) is 12.3. The quantitative estimate of drug-likeness (QED) is 0.0444. The normalized spacial score (nSPS) is 12.0. The molecule has 380 valence electrons. The van der Waals surface area contributed by atoms with Gasteiger partial charge in [-0.05, 0) is 98.5 Å². The van der Waals surface area contributed by atoms with Gasteiger partial charge in [0.2, 0.25) is 11.8 Å². The lowest BCUT2D eigenvalue weighted by atomic mass is 9.81. The highest BCUT2D eigenvalue weighted by Gasteiger charge is 2.33. The van der Waals surface area contributed by atoms with Crippen LogP contribution in [0.3, 0.4) is 0 Å². The van der Waals surface area contributed by atoms with Crippen LogP contribution in [0.25, 0.3) is 22.9 Å². The first-order valence-corrected chi connectivity index (χ1v) is 24.8. The number of halogens is 2. The number of nitrogens with two attached hydrogens (primary N) is 1. The van der Waals surface area contributed by atoms with E-state index in [2.05, 4.69) is 34.1 Å². The number of aromatic nitrogens is 3. The molecule has 0 unspecified atom stereocenters. The van der Waals surface area contributed by atoms with Gasteiger partial charge in [0.15, 0.2) is 0 Å². The number of carboxylic acids is 2. The molecule has 3 heterocycles. The van der Waals surface area contributed by atoms with E-state index in [0.29, 0.717) is 85.3 Å². The van der Waals surface area contributed by atoms with Gasteiger partial charge in [0.1, 0.15) is 24.2 Å². The van der Waals surface area contributed by atoms with Crippen molar-refractivity contribution in [1.29, 1.82) is 0 Å². The van der Waals surface area contributed by atoms with Crippen molar-refractivity contribution in [2.75, 3.05) is 32.7 Å². The van der Waals surface area contributed by atoms with E-state index in [1.165, 1.54) is 49.1 Å². The van der Waals surface area contributed by atoms with E-state index in [1.54, 1.807) is 40.2 Å². The average Bonchev–Trinajstić information content (AvgIpc) is 4.13. The van der Waals surface area contributed by atoms with Gasteiger partial charge in [-0.3, -0.25) is 9.59 Å². The van der Waals surface area contributed by atoms with Gasteiger partial charge in [0.05, 0.1) is 28.0 Å². The first kappa shape index (κ1) is 55.3. The monoisotopic (exact) mass is 997 g/mol. The van der Waals surface area contributed by atoms with Crippen LogP contribution in [-0.4, -0.2) is 97.5 Å². The molecule has 6 rings (SSSR count). The number of thiazole rings is 1. The lowest BCUT2D eigenvalue weighted by Gasteiger charge is -2.30. The number of amides is 2. The van der Waals surface area contributed by atoms with E-state index in [4.69, 9.17) is 14.6 Å². The second-order valence-electron chi connectivity index (χ2n) is 17.8. The van der Waals surface area contributed by atoms with Crippen LogP contribution in [0.4, 0.5) is 8.78 Å². The Morgan fingerprint density at radius 2 is 1.35 bits per heavy atom. The fourth-order valence-electron chi connectivity index (χ4n) is 8.28. The van der Waals surface area contributed by atoms with Crippen LogP contribution in [-0.2, 0) is 19.4 Å². The summed E-state index contributed by atoms with van der Waals surface area (Å²) < 4.78 is 39.2. The molecule has 2 amide bonds. The fourth-order valence-corrected chi connectivity index (χ4v) is 9.38. The van der Waals surface area contributed by atoms with E-state index in [9.17, 15) is 38.2 Å². The highest BCUT2D eigenvalue weighted by atomic mass is 32.1. The van der Waals surface area contributed by atoms with Gasteiger partial charge >= 0.3 is 11.9 Å². The summed E-state index contributed by atoms with van der Waals surface area (Å²) in [6, 6.07) is 9.93. The summed E-state index contributed by atoms with van der Waals surface area (Å²) >= 11 is 1.59. The molecule has 0 aliphatic heterocycles. The number of carbonyl (C=O) groups excluding carboxylic acids is 2. The first-order valence-electron chi connectivity index (χ1n) is 24.0. The number of nitrogens with one attached hydrogen (secondary N) is 1. The summed E-state index contributed by atoms with van der Waals surface area (Å²) in [5.74, 6) is -4.15. The van der Waals surface area contributed by atoms with E-state index in [1.807, 2.05) is 33.9 Å². The van der Waals surface area contributed by atoms with Crippen molar-refractivity contribution in [3.8, 4) is 22.9 Å². The Balaban J connectivity index is 0.000000327. The zero-order chi connectivity index (χ0) is 51.8. The SMILES string of the molecule is CCCN(CCC)C(=O)c1cc(-c2ncco2)cc(C(=O)O)c1[C@H](CNCc1cnc(CC(C)C)s1)[C@@H](N)Cc1cc(F)cc(F)c1.CCCN(CCC)C(=O)c1cc(C(=O)O)cc(-c2nc(C)co2)c1. The number of hydrogen-bond acceptors (Lipinski definition) is 12. The van der Waals surface area contributed by atoms with Gasteiger partial charge in [0, 0.05) is 97.0 Å². The lowest BCUT2D eigenvalue weighted by Crippen LogP contribution is -2.40. The largest absolute Gasteiger partial charge is 0.478 e. The van der Waals surface area contributed by atoms with E-state index < -0.39 is 35.5 Å². The molecule has 3 aromatic heterocycles. The molecule has 6 aromatic rings. The van der Waals surface area contributed by atoms with Crippen molar-refractivity contribution in [2.45, 2.75) is 105 Å². The summed E-state index contributed by atoms with van der Waals surface area (Å²) in [6.45, 7) is 16.8. The van der Waals surface area contributed by atoms with Crippen LogP contribution in [0.2, 0.25) is 0 Å². The Morgan fingerprint density at radius 3 is 1.90 bits per heavy atom. The number of hydrogen-bond donors (Lipinski definition) is 4. The molecule has 18 heteroatoms. The maximum atomic E-state index is 14.3. The summed E-state index contributed by atoms with van der Waals surface area (Å²) in [6.07, 6.45) is 10.1. The number of aromatic carboxylic acids is 2. The minimum atomic E-state index is -1.25. The van der Waals surface area contributed by atoms with Crippen molar-refractivity contribution in [3.05, 3.63) is 134 Å². The number of rotatable bonds is 24. The number of benzene rings is 3. The molecule has 0 aliphatic carbocycles.